The van der Waals surface area contributed by atoms with Gasteiger partial charge >= 0.3 is 0 Å². The summed E-state index contributed by atoms with van der Waals surface area (Å²) in [4.78, 5) is 6.81. The highest BCUT2D eigenvalue weighted by molar-refractivity contribution is 7.92. The fourth-order valence-electron chi connectivity index (χ4n) is 1.30. The monoisotopic (exact) mass is 268 g/mol. The molecule has 2 aromatic rings. The van der Waals surface area contributed by atoms with Gasteiger partial charge in [-0.15, -0.1) is 0 Å². The molecule has 1 aromatic heterocycles. The van der Waals surface area contributed by atoms with Crippen LogP contribution in [0.25, 0.3) is 0 Å². The number of nitrogens with zero attached hydrogens (tertiary/aromatic N) is 2. The second kappa shape index (κ2) is 4.57. The van der Waals surface area contributed by atoms with Crippen molar-refractivity contribution in [2.75, 3.05) is 10.5 Å². The van der Waals surface area contributed by atoms with Crippen LogP contribution in [0.3, 0.4) is 0 Å². The highest BCUT2D eigenvalue weighted by Gasteiger charge is 2.19. The van der Waals surface area contributed by atoms with E-state index in [9.17, 15) is 12.8 Å². The number of hydrogen-bond acceptors (Lipinski definition) is 5. The fourth-order valence-corrected chi connectivity index (χ4v) is 2.39. The SMILES string of the molecule is Nc1ccc(S(=O)(=O)Nc2cncnc2)c(F)c1. The van der Waals surface area contributed by atoms with Gasteiger partial charge in [0.25, 0.3) is 10.0 Å². The fraction of sp³-hybridized carbons (Fsp3) is 0. The number of aromatic nitrogens is 2. The molecule has 0 spiro atoms. The first kappa shape index (κ1) is 12.2. The van der Waals surface area contributed by atoms with Crippen molar-refractivity contribution in [1.29, 1.82) is 0 Å². The Kier molecular flexibility index (Phi) is 3.11. The molecule has 3 N–H and O–H groups in total. The summed E-state index contributed by atoms with van der Waals surface area (Å²) < 4.78 is 39.5. The molecule has 0 aliphatic heterocycles. The van der Waals surface area contributed by atoms with Gasteiger partial charge in [-0.2, -0.15) is 0 Å². The molecule has 18 heavy (non-hydrogen) atoms. The van der Waals surface area contributed by atoms with Crippen molar-refractivity contribution in [3.63, 3.8) is 0 Å². The standard InChI is InChI=1S/C10H9FN4O2S/c11-9-3-7(12)1-2-10(9)18(16,17)15-8-4-13-6-14-5-8/h1-6,15H,12H2. The zero-order valence-corrected chi connectivity index (χ0v) is 9.86. The van der Waals surface area contributed by atoms with Gasteiger partial charge in [0.2, 0.25) is 0 Å². The van der Waals surface area contributed by atoms with Crippen molar-refractivity contribution in [1.82, 2.24) is 9.97 Å². The van der Waals surface area contributed by atoms with E-state index in [1.165, 1.54) is 24.8 Å². The smallest absolute Gasteiger partial charge is 0.264 e. The highest BCUT2D eigenvalue weighted by atomic mass is 32.2. The van der Waals surface area contributed by atoms with Crippen LogP contribution in [0, 0.1) is 5.82 Å². The molecule has 1 heterocycles. The van der Waals surface area contributed by atoms with E-state index in [1.807, 2.05) is 0 Å². The van der Waals surface area contributed by atoms with E-state index >= 15 is 0 Å². The Morgan fingerprint density at radius 1 is 1.22 bits per heavy atom. The van der Waals surface area contributed by atoms with Gasteiger partial charge < -0.3 is 5.73 Å². The van der Waals surface area contributed by atoms with Gasteiger partial charge in [0.05, 0.1) is 18.1 Å². The maximum absolute atomic E-state index is 13.5. The first-order valence-electron chi connectivity index (χ1n) is 4.82. The topological polar surface area (TPSA) is 98.0 Å². The Morgan fingerprint density at radius 2 is 1.89 bits per heavy atom. The van der Waals surface area contributed by atoms with Crippen LogP contribution < -0.4 is 10.5 Å². The number of rotatable bonds is 3. The van der Waals surface area contributed by atoms with Crippen LogP contribution in [0.1, 0.15) is 0 Å². The van der Waals surface area contributed by atoms with Crippen LogP contribution in [0.2, 0.25) is 0 Å². The molecule has 6 nitrogen and oxygen atoms in total. The zero-order chi connectivity index (χ0) is 13.2. The molecule has 0 unspecified atom stereocenters. The van der Waals surface area contributed by atoms with Gasteiger partial charge in [0, 0.05) is 5.69 Å². The lowest BCUT2D eigenvalue weighted by atomic mass is 10.3. The number of hydrogen-bond donors (Lipinski definition) is 2. The molecule has 0 saturated heterocycles. The first-order chi connectivity index (χ1) is 8.49. The molecule has 2 rings (SSSR count). The predicted octanol–water partition coefficient (Wildman–Crippen LogP) is 0.999. The van der Waals surface area contributed by atoms with E-state index in [0.717, 1.165) is 12.1 Å². The number of sulfonamides is 1. The van der Waals surface area contributed by atoms with E-state index < -0.39 is 20.7 Å². The third-order valence-electron chi connectivity index (χ3n) is 2.06. The molecule has 8 heteroatoms. The van der Waals surface area contributed by atoms with Gasteiger partial charge in [-0.05, 0) is 18.2 Å². The maximum Gasteiger partial charge on any atom is 0.264 e. The van der Waals surface area contributed by atoms with E-state index in [-0.39, 0.29) is 11.4 Å². The molecule has 0 saturated carbocycles. The van der Waals surface area contributed by atoms with Crippen molar-refractivity contribution in [3.05, 3.63) is 42.7 Å². The molecule has 0 radical (unpaired) electrons. The Labute approximate surface area is 103 Å². The van der Waals surface area contributed by atoms with Crippen LogP contribution in [0.5, 0.6) is 0 Å². The van der Waals surface area contributed by atoms with E-state index in [1.54, 1.807) is 0 Å². The molecule has 1 aromatic carbocycles. The molecule has 0 bridgehead atoms. The van der Waals surface area contributed by atoms with Gasteiger partial charge in [0.1, 0.15) is 17.0 Å². The third-order valence-corrected chi connectivity index (χ3v) is 3.47. The minimum atomic E-state index is -4.02. The van der Waals surface area contributed by atoms with Gasteiger partial charge in [-0.1, -0.05) is 0 Å². The number of nitrogens with two attached hydrogens (primary N) is 1. The zero-order valence-electron chi connectivity index (χ0n) is 9.04. The van der Waals surface area contributed by atoms with Gasteiger partial charge in [-0.3, -0.25) is 4.72 Å². The van der Waals surface area contributed by atoms with Crippen LogP contribution in [0.4, 0.5) is 15.8 Å². The lowest BCUT2D eigenvalue weighted by Gasteiger charge is -2.08. The summed E-state index contributed by atoms with van der Waals surface area (Å²) >= 11 is 0. The average molecular weight is 268 g/mol. The van der Waals surface area contributed by atoms with E-state index in [4.69, 9.17) is 5.73 Å². The summed E-state index contributed by atoms with van der Waals surface area (Å²) in [7, 11) is -4.02. The Balaban J connectivity index is 2.37. The van der Waals surface area contributed by atoms with Gasteiger partial charge in [-0.25, -0.2) is 22.8 Å². The molecular weight excluding hydrogens is 259 g/mol. The summed E-state index contributed by atoms with van der Waals surface area (Å²) in [5, 5.41) is 0. The lowest BCUT2D eigenvalue weighted by Crippen LogP contribution is -2.15. The number of nitrogens with one attached hydrogen (secondary N) is 1. The van der Waals surface area contributed by atoms with Crippen LogP contribution >= 0.6 is 0 Å². The van der Waals surface area contributed by atoms with Crippen LogP contribution in [0.15, 0.2) is 41.8 Å². The average Bonchev–Trinajstić information content (AvgIpc) is 2.29. The van der Waals surface area contributed by atoms with Crippen molar-refractivity contribution in [3.8, 4) is 0 Å². The Bertz CT molecular complexity index is 661. The summed E-state index contributed by atoms with van der Waals surface area (Å²) in [6.45, 7) is 0. The number of halogens is 1. The van der Waals surface area contributed by atoms with Crippen molar-refractivity contribution < 1.29 is 12.8 Å². The molecule has 0 aliphatic carbocycles. The lowest BCUT2D eigenvalue weighted by molar-refractivity contribution is 0.571. The highest BCUT2D eigenvalue weighted by Crippen LogP contribution is 2.19. The molecule has 0 atom stereocenters. The number of anilines is 2. The summed E-state index contributed by atoms with van der Waals surface area (Å²) in [5.74, 6) is -0.917. The van der Waals surface area contributed by atoms with E-state index in [2.05, 4.69) is 14.7 Å². The first-order valence-corrected chi connectivity index (χ1v) is 6.30. The largest absolute Gasteiger partial charge is 0.399 e. The molecular formula is C10H9FN4O2S. The van der Waals surface area contributed by atoms with Crippen molar-refractivity contribution >= 4 is 21.4 Å². The second-order valence-electron chi connectivity index (χ2n) is 3.42. The minimum absolute atomic E-state index is 0.147. The summed E-state index contributed by atoms with van der Waals surface area (Å²) in [6.07, 6.45) is 3.78. The van der Waals surface area contributed by atoms with Crippen molar-refractivity contribution in [2.45, 2.75) is 4.90 Å². The molecule has 0 aliphatic rings. The molecule has 94 valence electrons. The van der Waals surface area contributed by atoms with Gasteiger partial charge in [0.15, 0.2) is 0 Å². The molecule has 0 amide bonds. The van der Waals surface area contributed by atoms with E-state index in [0.29, 0.717) is 0 Å². The molecule has 0 fully saturated rings. The third kappa shape index (κ3) is 2.54. The maximum atomic E-state index is 13.5. The summed E-state index contributed by atoms with van der Waals surface area (Å²) in [5.41, 5.74) is 5.64. The van der Waals surface area contributed by atoms with Crippen molar-refractivity contribution in [2.24, 2.45) is 0 Å². The second-order valence-corrected chi connectivity index (χ2v) is 5.07. The number of nitrogen functional groups attached to an aromatic ring is 1. The Hall–Kier alpha value is -2.22. The predicted molar refractivity (Wildman–Crippen MR) is 63.7 cm³/mol. The minimum Gasteiger partial charge on any atom is -0.399 e. The normalized spacial score (nSPS) is 11.2. The Morgan fingerprint density at radius 3 is 2.50 bits per heavy atom. The van der Waals surface area contributed by atoms with Crippen LogP contribution in [-0.4, -0.2) is 18.4 Å². The quantitative estimate of drug-likeness (QED) is 0.809. The number of benzene rings is 1. The van der Waals surface area contributed by atoms with Crippen LogP contribution in [-0.2, 0) is 10.0 Å². The summed E-state index contributed by atoms with van der Waals surface area (Å²) in [6, 6.07) is 3.34.